The Morgan fingerprint density at radius 1 is 1.18 bits per heavy atom. The summed E-state index contributed by atoms with van der Waals surface area (Å²) in [5.41, 5.74) is 0.0775. The highest BCUT2D eigenvalue weighted by Crippen LogP contribution is 2.13. The molecule has 4 nitrogen and oxygen atoms in total. The third-order valence-corrected chi connectivity index (χ3v) is 1.08. The van der Waals surface area contributed by atoms with Crippen LogP contribution in [0.4, 0.5) is 0 Å². The fourth-order valence-electron chi connectivity index (χ4n) is 0.606. The number of cyclic esters (lactones) is 2. The minimum Gasteiger partial charge on any atom is -0.393 e. The topological polar surface area (TPSA) is 52.6 Å². The number of rotatable bonds is 0. The molecular weight excluding hydrogens is 148 g/mol. The number of hydrogen-bond donors (Lipinski definition) is 0. The van der Waals surface area contributed by atoms with Gasteiger partial charge in [0.25, 0.3) is 5.95 Å². The molecule has 0 saturated carbocycles. The largest absolute Gasteiger partial charge is 0.393 e. The Bertz CT molecular complexity index is 225. The molecule has 1 aliphatic heterocycles. The van der Waals surface area contributed by atoms with Crippen molar-refractivity contribution in [1.29, 1.82) is 0 Å². The Labute approximate surface area is 63.1 Å². The summed E-state index contributed by atoms with van der Waals surface area (Å²) in [5.74, 6) is -1.54. The van der Waals surface area contributed by atoms with Crippen LogP contribution < -0.4 is 0 Å². The standard InChI is InChI=1S/C7H6O4/c1-4-3-6(8)10-5(2)11-7(4)9/h1-3H2. The van der Waals surface area contributed by atoms with Gasteiger partial charge in [0.15, 0.2) is 0 Å². The molecule has 0 amide bonds. The van der Waals surface area contributed by atoms with Crippen LogP contribution >= 0.6 is 0 Å². The van der Waals surface area contributed by atoms with Crippen molar-refractivity contribution in [2.45, 2.75) is 6.42 Å². The summed E-state index contributed by atoms with van der Waals surface area (Å²) in [6.45, 7) is 6.51. The van der Waals surface area contributed by atoms with Gasteiger partial charge >= 0.3 is 11.9 Å². The van der Waals surface area contributed by atoms with Crippen molar-refractivity contribution < 1.29 is 19.1 Å². The first kappa shape index (κ1) is 7.53. The number of ether oxygens (including phenoxy) is 2. The quantitative estimate of drug-likeness (QED) is 0.376. The summed E-state index contributed by atoms with van der Waals surface area (Å²) in [5, 5.41) is 0. The van der Waals surface area contributed by atoms with E-state index in [1.54, 1.807) is 0 Å². The van der Waals surface area contributed by atoms with Crippen LogP contribution in [0.5, 0.6) is 0 Å². The van der Waals surface area contributed by atoms with Gasteiger partial charge in [-0.25, -0.2) is 4.79 Å². The van der Waals surface area contributed by atoms with Gasteiger partial charge in [-0.15, -0.1) is 0 Å². The molecule has 0 aliphatic carbocycles. The fourth-order valence-corrected chi connectivity index (χ4v) is 0.606. The average molecular weight is 154 g/mol. The highest BCUT2D eigenvalue weighted by Gasteiger charge is 2.21. The van der Waals surface area contributed by atoms with Gasteiger partial charge in [-0.2, -0.15) is 0 Å². The molecule has 0 radical (unpaired) electrons. The molecule has 58 valence electrons. The molecule has 1 aliphatic rings. The van der Waals surface area contributed by atoms with Crippen molar-refractivity contribution in [1.82, 2.24) is 0 Å². The summed E-state index contributed by atoms with van der Waals surface area (Å²) >= 11 is 0. The third-order valence-electron chi connectivity index (χ3n) is 1.08. The van der Waals surface area contributed by atoms with Crippen molar-refractivity contribution >= 4 is 11.9 Å². The number of hydrogen-bond acceptors (Lipinski definition) is 4. The van der Waals surface area contributed by atoms with Gasteiger partial charge in [0.1, 0.15) is 0 Å². The zero-order valence-electron chi connectivity index (χ0n) is 5.75. The summed E-state index contributed by atoms with van der Waals surface area (Å²) in [6.07, 6.45) is -0.141. The molecule has 0 aromatic heterocycles. The van der Waals surface area contributed by atoms with E-state index in [-0.39, 0.29) is 17.9 Å². The van der Waals surface area contributed by atoms with Crippen LogP contribution in [0.15, 0.2) is 24.7 Å². The zero-order chi connectivity index (χ0) is 8.43. The Hall–Kier alpha value is -1.58. The van der Waals surface area contributed by atoms with Crippen molar-refractivity contribution in [3.05, 3.63) is 24.7 Å². The number of esters is 2. The van der Waals surface area contributed by atoms with Crippen LogP contribution in [0.3, 0.4) is 0 Å². The van der Waals surface area contributed by atoms with Crippen molar-refractivity contribution in [3.63, 3.8) is 0 Å². The Morgan fingerprint density at radius 2 is 1.82 bits per heavy atom. The lowest BCUT2D eigenvalue weighted by Crippen LogP contribution is -2.02. The molecule has 11 heavy (non-hydrogen) atoms. The van der Waals surface area contributed by atoms with Gasteiger partial charge in [-0.05, 0) is 6.58 Å². The normalized spacial score (nSPS) is 18.9. The predicted octanol–water partition coefficient (Wildman–Crippen LogP) is 0.504. The molecule has 0 unspecified atom stereocenters. The molecule has 0 atom stereocenters. The molecular formula is C7H6O4. The van der Waals surface area contributed by atoms with Gasteiger partial charge < -0.3 is 9.47 Å². The molecule has 0 N–H and O–H groups in total. The van der Waals surface area contributed by atoms with Gasteiger partial charge in [0, 0.05) is 5.57 Å². The molecule has 0 bridgehead atoms. The lowest BCUT2D eigenvalue weighted by Gasteiger charge is -1.98. The van der Waals surface area contributed by atoms with Crippen molar-refractivity contribution in [3.8, 4) is 0 Å². The monoisotopic (exact) mass is 154 g/mol. The van der Waals surface area contributed by atoms with E-state index in [0.29, 0.717) is 0 Å². The predicted molar refractivity (Wildman–Crippen MR) is 35.1 cm³/mol. The fraction of sp³-hybridized carbons (Fsp3) is 0.143. The van der Waals surface area contributed by atoms with E-state index >= 15 is 0 Å². The minimum absolute atomic E-state index is 0.0775. The van der Waals surface area contributed by atoms with Crippen molar-refractivity contribution in [2.75, 3.05) is 0 Å². The Morgan fingerprint density at radius 3 is 2.45 bits per heavy atom. The van der Waals surface area contributed by atoms with E-state index in [1.165, 1.54) is 0 Å². The molecule has 1 fully saturated rings. The average Bonchev–Trinajstić information content (AvgIpc) is 1.93. The third kappa shape index (κ3) is 1.67. The van der Waals surface area contributed by atoms with Crippen LogP contribution in [0.2, 0.25) is 0 Å². The van der Waals surface area contributed by atoms with Crippen LogP contribution in [0.1, 0.15) is 6.42 Å². The Kier molecular flexibility index (Phi) is 1.76. The smallest absolute Gasteiger partial charge is 0.341 e. The zero-order valence-corrected chi connectivity index (χ0v) is 5.75. The van der Waals surface area contributed by atoms with Crippen LogP contribution in [0, 0.1) is 0 Å². The summed E-state index contributed by atoms with van der Waals surface area (Å²) in [4.78, 5) is 21.4. The second-order valence-electron chi connectivity index (χ2n) is 2.02. The van der Waals surface area contributed by atoms with Gasteiger partial charge in [-0.1, -0.05) is 6.58 Å². The second-order valence-corrected chi connectivity index (χ2v) is 2.02. The first-order valence-corrected chi connectivity index (χ1v) is 2.89. The highest BCUT2D eigenvalue weighted by molar-refractivity contribution is 5.95. The summed E-state index contributed by atoms with van der Waals surface area (Å²) in [6, 6.07) is 0. The van der Waals surface area contributed by atoms with Crippen LogP contribution in [0.25, 0.3) is 0 Å². The van der Waals surface area contributed by atoms with E-state index in [0.717, 1.165) is 0 Å². The lowest BCUT2D eigenvalue weighted by molar-refractivity contribution is -0.146. The summed E-state index contributed by atoms with van der Waals surface area (Å²) < 4.78 is 8.83. The van der Waals surface area contributed by atoms with Crippen LogP contribution in [-0.2, 0) is 19.1 Å². The minimum atomic E-state index is -0.666. The molecule has 4 heteroatoms. The first-order chi connectivity index (χ1) is 5.09. The molecule has 1 saturated heterocycles. The van der Waals surface area contributed by atoms with Gasteiger partial charge in [-0.3, -0.25) is 4.79 Å². The molecule has 1 rings (SSSR count). The Balaban J connectivity index is 2.82. The maximum Gasteiger partial charge on any atom is 0.341 e. The first-order valence-electron chi connectivity index (χ1n) is 2.89. The molecule has 0 aromatic carbocycles. The number of carbonyl (C=O) groups is 2. The van der Waals surface area contributed by atoms with Gasteiger partial charge in [0.2, 0.25) is 0 Å². The maximum atomic E-state index is 10.8. The van der Waals surface area contributed by atoms with Crippen molar-refractivity contribution in [2.24, 2.45) is 0 Å². The number of carbonyl (C=O) groups excluding carboxylic acids is 2. The SMILES string of the molecule is C=C1OC(=O)CC(=C)C(=O)O1. The van der Waals surface area contributed by atoms with E-state index in [1.807, 2.05) is 0 Å². The second kappa shape index (κ2) is 2.57. The van der Waals surface area contributed by atoms with E-state index in [4.69, 9.17) is 0 Å². The summed E-state index contributed by atoms with van der Waals surface area (Å²) in [7, 11) is 0. The van der Waals surface area contributed by atoms with Gasteiger partial charge in [0.05, 0.1) is 6.42 Å². The van der Waals surface area contributed by atoms with Crippen LogP contribution in [-0.4, -0.2) is 11.9 Å². The highest BCUT2D eigenvalue weighted by atomic mass is 16.7. The molecule has 0 aromatic rings. The molecule has 0 spiro atoms. The maximum absolute atomic E-state index is 10.8. The lowest BCUT2D eigenvalue weighted by atomic mass is 10.2. The van der Waals surface area contributed by atoms with E-state index in [2.05, 4.69) is 22.6 Å². The van der Waals surface area contributed by atoms with E-state index < -0.39 is 11.9 Å². The van der Waals surface area contributed by atoms with E-state index in [9.17, 15) is 9.59 Å². The molecule has 1 heterocycles.